The fraction of sp³-hybridized carbons (Fsp3) is 0.111. The van der Waals surface area contributed by atoms with Crippen molar-refractivity contribution >= 4 is 38.7 Å². The minimum Gasteiger partial charge on any atom is -0.333 e. The summed E-state index contributed by atoms with van der Waals surface area (Å²) >= 11 is 4.75. The molecular formula is C18H13BrF2N4S. The van der Waals surface area contributed by atoms with Crippen molar-refractivity contribution in [2.24, 2.45) is 0 Å². The molecule has 0 fully saturated rings. The molecule has 4 rings (SSSR count). The minimum atomic E-state index is -2.63. The lowest BCUT2D eigenvalue weighted by Crippen LogP contribution is -2.03. The van der Waals surface area contributed by atoms with E-state index in [0.717, 1.165) is 20.3 Å². The molecule has 0 saturated heterocycles. The molecule has 0 bridgehead atoms. The Morgan fingerprint density at radius 1 is 1.12 bits per heavy atom. The van der Waals surface area contributed by atoms with Gasteiger partial charge in [-0.05, 0) is 29.8 Å². The lowest BCUT2D eigenvalue weighted by molar-refractivity contribution is 0.0722. The quantitative estimate of drug-likeness (QED) is 0.399. The van der Waals surface area contributed by atoms with Gasteiger partial charge in [0.25, 0.3) is 0 Å². The van der Waals surface area contributed by atoms with E-state index in [9.17, 15) is 8.78 Å². The third kappa shape index (κ3) is 3.39. The first-order chi connectivity index (χ1) is 12.6. The number of thioether (sulfide) groups is 1. The number of para-hydroxylation sites is 2. The van der Waals surface area contributed by atoms with Crippen LogP contribution in [0.3, 0.4) is 0 Å². The van der Waals surface area contributed by atoms with Crippen molar-refractivity contribution < 1.29 is 8.78 Å². The van der Waals surface area contributed by atoms with Gasteiger partial charge in [-0.15, -0.1) is 0 Å². The van der Waals surface area contributed by atoms with Crippen LogP contribution in [0.5, 0.6) is 0 Å². The number of aromatic nitrogens is 4. The van der Waals surface area contributed by atoms with E-state index in [0.29, 0.717) is 27.8 Å². The molecule has 2 aromatic heterocycles. The second-order valence-electron chi connectivity index (χ2n) is 5.56. The van der Waals surface area contributed by atoms with Crippen LogP contribution in [0.2, 0.25) is 0 Å². The predicted octanol–water partition coefficient (Wildman–Crippen LogP) is 5.88. The van der Waals surface area contributed by atoms with Crippen molar-refractivity contribution in [2.45, 2.75) is 17.5 Å². The standard InChI is InChI=1S/C18H13BrF2N4S/c19-12-7-5-11(6-8-12)14-9-22-18(24-14)26-10-16-23-13-3-1-2-4-15(13)25(16)17(20)21/h1-9,17H,10H2,(H,22,24). The van der Waals surface area contributed by atoms with Gasteiger partial charge in [0.1, 0.15) is 5.82 Å². The van der Waals surface area contributed by atoms with E-state index < -0.39 is 6.55 Å². The van der Waals surface area contributed by atoms with Crippen LogP contribution in [0.15, 0.2) is 64.4 Å². The highest BCUT2D eigenvalue weighted by atomic mass is 79.9. The predicted molar refractivity (Wildman–Crippen MR) is 102 cm³/mol. The summed E-state index contributed by atoms with van der Waals surface area (Å²) in [5.41, 5.74) is 2.89. The van der Waals surface area contributed by atoms with Crippen LogP contribution in [0.25, 0.3) is 22.3 Å². The fourth-order valence-corrected chi connectivity index (χ4v) is 3.74. The maximum atomic E-state index is 13.5. The molecular weight excluding hydrogens is 422 g/mol. The number of H-pyrrole nitrogens is 1. The molecule has 2 aromatic carbocycles. The molecule has 2 heterocycles. The number of halogens is 3. The van der Waals surface area contributed by atoms with Gasteiger partial charge < -0.3 is 4.98 Å². The summed E-state index contributed by atoms with van der Waals surface area (Å²) in [7, 11) is 0. The maximum Gasteiger partial charge on any atom is 0.320 e. The lowest BCUT2D eigenvalue weighted by Gasteiger charge is -2.06. The number of imidazole rings is 2. The van der Waals surface area contributed by atoms with E-state index in [2.05, 4.69) is 30.9 Å². The zero-order valence-corrected chi connectivity index (χ0v) is 15.8. The Balaban J connectivity index is 1.55. The van der Waals surface area contributed by atoms with Gasteiger partial charge in [0.15, 0.2) is 5.16 Å². The van der Waals surface area contributed by atoms with Crippen molar-refractivity contribution in [1.29, 1.82) is 0 Å². The molecule has 1 N–H and O–H groups in total. The number of rotatable bonds is 5. The lowest BCUT2D eigenvalue weighted by atomic mass is 10.2. The average molecular weight is 435 g/mol. The van der Waals surface area contributed by atoms with Crippen LogP contribution in [-0.4, -0.2) is 19.5 Å². The normalized spacial score (nSPS) is 11.5. The highest BCUT2D eigenvalue weighted by Gasteiger charge is 2.18. The van der Waals surface area contributed by atoms with Gasteiger partial charge in [-0.1, -0.05) is 52.0 Å². The SMILES string of the molecule is FC(F)n1c(CSc2ncc(-c3ccc(Br)cc3)[nH]2)nc2ccccc21. The Kier molecular flexibility index (Phi) is 4.78. The van der Waals surface area contributed by atoms with Gasteiger partial charge in [-0.3, -0.25) is 4.57 Å². The number of nitrogens with one attached hydrogen (secondary N) is 1. The first-order valence-electron chi connectivity index (χ1n) is 7.79. The summed E-state index contributed by atoms with van der Waals surface area (Å²) < 4.78 is 28.9. The van der Waals surface area contributed by atoms with Crippen molar-refractivity contribution in [3.8, 4) is 11.3 Å². The Morgan fingerprint density at radius 2 is 1.88 bits per heavy atom. The number of aromatic amines is 1. The molecule has 0 amide bonds. The summed E-state index contributed by atoms with van der Waals surface area (Å²) in [6.45, 7) is -2.63. The van der Waals surface area contributed by atoms with Gasteiger partial charge >= 0.3 is 6.55 Å². The number of fused-ring (bicyclic) bond motifs is 1. The second kappa shape index (κ2) is 7.20. The Bertz CT molecular complexity index is 1040. The van der Waals surface area contributed by atoms with Crippen molar-refractivity contribution in [3.63, 3.8) is 0 Å². The first-order valence-corrected chi connectivity index (χ1v) is 9.57. The third-order valence-corrected chi connectivity index (χ3v) is 5.32. The Morgan fingerprint density at radius 3 is 2.65 bits per heavy atom. The van der Waals surface area contributed by atoms with E-state index in [1.807, 2.05) is 24.3 Å². The summed E-state index contributed by atoms with van der Waals surface area (Å²) in [6.07, 6.45) is 1.74. The van der Waals surface area contributed by atoms with E-state index in [4.69, 9.17) is 0 Å². The second-order valence-corrected chi connectivity index (χ2v) is 7.44. The smallest absolute Gasteiger partial charge is 0.320 e. The van der Waals surface area contributed by atoms with Crippen LogP contribution in [0.4, 0.5) is 8.78 Å². The topological polar surface area (TPSA) is 46.5 Å². The third-order valence-electron chi connectivity index (χ3n) is 3.91. The van der Waals surface area contributed by atoms with E-state index in [-0.39, 0.29) is 0 Å². The van der Waals surface area contributed by atoms with Crippen molar-refractivity contribution in [3.05, 3.63) is 65.0 Å². The molecule has 0 aliphatic heterocycles. The zero-order chi connectivity index (χ0) is 18.1. The molecule has 4 aromatic rings. The first kappa shape index (κ1) is 17.2. The van der Waals surface area contributed by atoms with Crippen LogP contribution >= 0.6 is 27.7 Å². The van der Waals surface area contributed by atoms with Gasteiger partial charge in [-0.25, -0.2) is 9.97 Å². The van der Waals surface area contributed by atoms with Crippen LogP contribution in [0, 0.1) is 0 Å². The van der Waals surface area contributed by atoms with Gasteiger partial charge in [0.2, 0.25) is 0 Å². The Hall–Kier alpha value is -2.19. The highest BCUT2D eigenvalue weighted by molar-refractivity contribution is 9.10. The number of hydrogen-bond donors (Lipinski definition) is 1. The molecule has 0 spiro atoms. The number of hydrogen-bond acceptors (Lipinski definition) is 3. The average Bonchev–Trinajstić information content (AvgIpc) is 3.24. The summed E-state index contributed by atoms with van der Waals surface area (Å²) in [4.78, 5) is 11.9. The van der Waals surface area contributed by atoms with Gasteiger partial charge in [0.05, 0.1) is 28.7 Å². The number of alkyl halides is 2. The van der Waals surface area contributed by atoms with Crippen molar-refractivity contribution in [2.75, 3.05) is 0 Å². The molecule has 132 valence electrons. The van der Waals surface area contributed by atoms with Crippen LogP contribution < -0.4 is 0 Å². The molecule has 0 aliphatic carbocycles. The molecule has 4 nitrogen and oxygen atoms in total. The number of nitrogens with zero attached hydrogens (tertiary/aromatic N) is 3. The Labute approximate surface area is 160 Å². The summed E-state index contributed by atoms with van der Waals surface area (Å²) in [5, 5.41) is 0.663. The monoisotopic (exact) mass is 434 g/mol. The highest BCUT2D eigenvalue weighted by Crippen LogP contribution is 2.29. The van der Waals surface area contributed by atoms with Gasteiger partial charge in [0, 0.05) is 4.47 Å². The molecule has 0 saturated carbocycles. The zero-order valence-electron chi connectivity index (χ0n) is 13.4. The minimum absolute atomic E-state index is 0.298. The molecule has 0 unspecified atom stereocenters. The van der Waals surface area contributed by atoms with Crippen LogP contribution in [-0.2, 0) is 5.75 Å². The molecule has 26 heavy (non-hydrogen) atoms. The molecule has 0 atom stereocenters. The maximum absolute atomic E-state index is 13.5. The molecule has 0 radical (unpaired) electrons. The van der Waals surface area contributed by atoms with E-state index >= 15 is 0 Å². The van der Waals surface area contributed by atoms with E-state index in [1.165, 1.54) is 11.8 Å². The van der Waals surface area contributed by atoms with Crippen molar-refractivity contribution in [1.82, 2.24) is 19.5 Å². The summed E-state index contributed by atoms with van der Waals surface area (Å²) in [5.74, 6) is 0.625. The molecule has 8 heteroatoms. The van der Waals surface area contributed by atoms with Gasteiger partial charge in [-0.2, -0.15) is 8.78 Å². The fourth-order valence-electron chi connectivity index (χ4n) is 2.70. The largest absolute Gasteiger partial charge is 0.333 e. The molecule has 0 aliphatic rings. The van der Waals surface area contributed by atoms with Crippen LogP contribution in [0.1, 0.15) is 12.4 Å². The summed E-state index contributed by atoms with van der Waals surface area (Å²) in [6, 6.07) is 14.8. The number of benzene rings is 2. The van der Waals surface area contributed by atoms with E-state index in [1.54, 1.807) is 30.5 Å².